The predicted molar refractivity (Wildman–Crippen MR) is 69.8 cm³/mol. The second-order valence-corrected chi connectivity index (χ2v) is 4.52. The fraction of sp³-hybridized carbons (Fsp3) is 0.0769. The first-order valence-corrected chi connectivity index (χ1v) is 6.14. The minimum absolute atomic E-state index is 0.0983. The van der Waals surface area contributed by atoms with E-state index >= 15 is 0 Å². The average molecular weight is 313 g/mol. The number of alkyl halides is 2. The number of rotatable bonds is 2. The van der Waals surface area contributed by atoms with Crippen molar-refractivity contribution in [2.75, 3.05) is 5.32 Å². The first-order valence-electron chi connectivity index (χ1n) is 5.77. The van der Waals surface area contributed by atoms with Crippen molar-refractivity contribution in [3.63, 3.8) is 0 Å². The van der Waals surface area contributed by atoms with Gasteiger partial charge in [0, 0.05) is 11.8 Å². The third-order valence-electron chi connectivity index (χ3n) is 2.61. The largest absolute Gasteiger partial charge is 0.586 e. The Morgan fingerprint density at radius 2 is 1.95 bits per heavy atom. The maximum absolute atomic E-state index is 12.9. The summed E-state index contributed by atoms with van der Waals surface area (Å²) >= 11 is 5.69. The van der Waals surface area contributed by atoms with Crippen molar-refractivity contribution in [1.82, 2.24) is 4.98 Å². The van der Waals surface area contributed by atoms with Crippen LogP contribution in [0.1, 0.15) is 10.5 Å². The minimum Gasteiger partial charge on any atom is -0.395 e. The molecule has 0 spiro atoms. The number of hydrogen-bond donors (Lipinski definition) is 1. The lowest BCUT2D eigenvalue weighted by molar-refractivity contribution is -0.286. The highest BCUT2D eigenvalue weighted by Gasteiger charge is 2.43. The molecule has 1 aromatic heterocycles. The molecule has 1 aliphatic rings. The number of amides is 1. The van der Waals surface area contributed by atoms with Gasteiger partial charge in [0.1, 0.15) is 10.8 Å². The Morgan fingerprint density at radius 1 is 1.19 bits per heavy atom. The molecule has 0 fully saturated rings. The maximum atomic E-state index is 12.9. The van der Waals surface area contributed by atoms with E-state index in [1.807, 2.05) is 0 Å². The zero-order valence-electron chi connectivity index (χ0n) is 10.3. The molecule has 3 rings (SSSR count). The van der Waals surface area contributed by atoms with Crippen LogP contribution in [0.25, 0.3) is 0 Å². The first kappa shape index (κ1) is 13.6. The van der Waals surface area contributed by atoms with Gasteiger partial charge in [0.25, 0.3) is 5.91 Å². The SMILES string of the molecule is O=C(Nc1ccc2c(c1)OC(F)(F)O2)c1cccc(Cl)n1. The van der Waals surface area contributed by atoms with E-state index in [4.69, 9.17) is 11.6 Å². The summed E-state index contributed by atoms with van der Waals surface area (Å²) in [5.41, 5.74) is 0.368. The van der Waals surface area contributed by atoms with Crippen LogP contribution in [0.15, 0.2) is 36.4 Å². The maximum Gasteiger partial charge on any atom is 0.586 e. The number of benzene rings is 1. The minimum atomic E-state index is -3.69. The number of nitrogens with zero attached hydrogens (tertiary/aromatic N) is 1. The molecule has 1 N–H and O–H groups in total. The molecule has 21 heavy (non-hydrogen) atoms. The molecule has 0 aliphatic carbocycles. The highest BCUT2D eigenvalue weighted by molar-refractivity contribution is 6.29. The van der Waals surface area contributed by atoms with Gasteiger partial charge < -0.3 is 14.8 Å². The van der Waals surface area contributed by atoms with Crippen LogP contribution in [0.5, 0.6) is 11.5 Å². The smallest absolute Gasteiger partial charge is 0.395 e. The van der Waals surface area contributed by atoms with Crippen molar-refractivity contribution in [3.05, 3.63) is 47.2 Å². The van der Waals surface area contributed by atoms with Gasteiger partial charge >= 0.3 is 6.29 Å². The molecular formula is C13H7ClF2N2O3. The molecule has 8 heteroatoms. The number of fused-ring (bicyclic) bond motifs is 1. The van der Waals surface area contributed by atoms with Gasteiger partial charge in [-0.25, -0.2) is 4.98 Å². The number of nitrogens with one attached hydrogen (secondary N) is 1. The topological polar surface area (TPSA) is 60.5 Å². The summed E-state index contributed by atoms with van der Waals surface area (Å²) in [7, 11) is 0. The Kier molecular flexibility index (Phi) is 3.13. The summed E-state index contributed by atoms with van der Waals surface area (Å²) in [6.07, 6.45) is -3.69. The van der Waals surface area contributed by atoms with Gasteiger partial charge in [0.2, 0.25) is 0 Å². The van der Waals surface area contributed by atoms with Crippen molar-refractivity contribution >= 4 is 23.2 Å². The number of pyridine rings is 1. The quantitative estimate of drug-likeness (QED) is 0.864. The van der Waals surface area contributed by atoms with Gasteiger partial charge in [-0.05, 0) is 24.3 Å². The summed E-state index contributed by atoms with van der Waals surface area (Å²) in [5, 5.41) is 2.68. The van der Waals surface area contributed by atoms with E-state index in [2.05, 4.69) is 19.8 Å². The normalized spacial score (nSPS) is 14.8. The zero-order chi connectivity index (χ0) is 15.0. The van der Waals surface area contributed by atoms with Crippen molar-refractivity contribution in [1.29, 1.82) is 0 Å². The molecule has 2 heterocycles. The molecule has 1 aromatic carbocycles. The highest BCUT2D eigenvalue weighted by Crippen LogP contribution is 2.42. The number of aromatic nitrogens is 1. The Labute approximate surface area is 122 Å². The molecule has 5 nitrogen and oxygen atoms in total. The van der Waals surface area contributed by atoms with Gasteiger partial charge in [-0.3, -0.25) is 4.79 Å². The van der Waals surface area contributed by atoms with Crippen LogP contribution >= 0.6 is 11.6 Å². The zero-order valence-corrected chi connectivity index (χ0v) is 11.0. The standard InChI is InChI=1S/C13H7ClF2N2O3/c14-11-3-1-2-8(18-11)12(19)17-7-4-5-9-10(6-7)21-13(15,16)20-9/h1-6H,(H,17,19). The fourth-order valence-corrected chi connectivity index (χ4v) is 1.92. The van der Waals surface area contributed by atoms with Gasteiger partial charge in [-0.1, -0.05) is 17.7 Å². The molecule has 0 radical (unpaired) electrons. The second-order valence-electron chi connectivity index (χ2n) is 4.13. The van der Waals surface area contributed by atoms with E-state index in [0.717, 1.165) is 0 Å². The molecule has 108 valence electrons. The Hall–Kier alpha value is -2.41. The molecular weight excluding hydrogens is 306 g/mol. The van der Waals surface area contributed by atoms with E-state index in [9.17, 15) is 13.6 Å². The van der Waals surface area contributed by atoms with Crippen molar-refractivity contribution in [3.8, 4) is 11.5 Å². The fourth-order valence-electron chi connectivity index (χ4n) is 1.76. The van der Waals surface area contributed by atoms with E-state index in [0.29, 0.717) is 0 Å². The Morgan fingerprint density at radius 3 is 2.71 bits per heavy atom. The van der Waals surface area contributed by atoms with Crippen molar-refractivity contribution in [2.45, 2.75) is 6.29 Å². The summed E-state index contributed by atoms with van der Waals surface area (Å²) in [6, 6.07) is 8.50. The summed E-state index contributed by atoms with van der Waals surface area (Å²) in [4.78, 5) is 15.8. The van der Waals surface area contributed by atoms with Crippen LogP contribution in [0.2, 0.25) is 5.15 Å². The third kappa shape index (κ3) is 2.87. The van der Waals surface area contributed by atoms with Gasteiger partial charge in [0.05, 0.1) is 0 Å². The Balaban J connectivity index is 1.79. The number of halogens is 3. The lowest BCUT2D eigenvalue weighted by Crippen LogP contribution is -2.25. The van der Waals surface area contributed by atoms with Gasteiger partial charge in [0.15, 0.2) is 11.5 Å². The van der Waals surface area contributed by atoms with E-state index in [1.165, 1.54) is 30.3 Å². The third-order valence-corrected chi connectivity index (χ3v) is 2.82. The van der Waals surface area contributed by atoms with Gasteiger partial charge in [-0.15, -0.1) is 8.78 Å². The number of hydrogen-bond acceptors (Lipinski definition) is 4. The van der Waals surface area contributed by atoms with Crippen LogP contribution in [0, 0.1) is 0 Å². The summed E-state index contributed by atoms with van der Waals surface area (Å²) in [6.45, 7) is 0. The van der Waals surface area contributed by atoms with Crippen LogP contribution in [0.4, 0.5) is 14.5 Å². The van der Waals surface area contributed by atoms with E-state index in [-0.39, 0.29) is 28.0 Å². The Bertz CT molecular complexity index is 724. The number of carbonyl (C=O) groups excluding carboxylic acids is 1. The number of anilines is 1. The van der Waals surface area contributed by atoms with Crippen LogP contribution in [-0.2, 0) is 0 Å². The predicted octanol–water partition coefficient (Wildman–Crippen LogP) is 3.31. The average Bonchev–Trinajstić information content (AvgIpc) is 2.72. The summed E-state index contributed by atoms with van der Waals surface area (Å²) in [5.74, 6) is -0.779. The lowest BCUT2D eigenvalue weighted by Gasteiger charge is -2.05. The molecule has 1 aliphatic heterocycles. The number of carbonyl (C=O) groups is 1. The molecule has 2 aromatic rings. The van der Waals surface area contributed by atoms with Gasteiger partial charge in [-0.2, -0.15) is 0 Å². The molecule has 0 atom stereocenters. The molecule has 0 saturated heterocycles. The molecule has 0 bridgehead atoms. The van der Waals surface area contributed by atoms with Crippen molar-refractivity contribution < 1.29 is 23.0 Å². The monoisotopic (exact) mass is 312 g/mol. The first-order chi connectivity index (χ1) is 9.93. The molecule has 0 saturated carbocycles. The molecule has 0 unspecified atom stereocenters. The van der Waals surface area contributed by atoms with E-state index in [1.54, 1.807) is 6.07 Å². The van der Waals surface area contributed by atoms with E-state index < -0.39 is 12.2 Å². The summed E-state index contributed by atoms with van der Waals surface area (Å²) < 4.78 is 34.3. The lowest BCUT2D eigenvalue weighted by atomic mass is 10.2. The highest BCUT2D eigenvalue weighted by atomic mass is 35.5. The van der Waals surface area contributed by atoms with Crippen LogP contribution in [0.3, 0.4) is 0 Å². The second kappa shape index (κ2) is 4.85. The molecule has 1 amide bonds. The van der Waals surface area contributed by atoms with Crippen molar-refractivity contribution in [2.24, 2.45) is 0 Å². The van der Waals surface area contributed by atoms with Crippen LogP contribution < -0.4 is 14.8 Å². The number of ether oxygens (including phenoxy) is 2. The van der Waals surface area contributed by atoms with Crippen LogP contribution in [-0.4, -0.2) is 17.2 Å².